The number of carboxylic acids is 1. The second kappa shape index (κ2) is 11.5. The third-order valence-electron chi connectivity index (χ3n) is 3.42. The summed E-state index contributed by atoms with van der Waals surface area (Å²) in [6.07, 6.45) is 11.3. The van der Waals surface area contributed by atoms with Crippen molar-refractivity contribution in [3.63, 3.8) is 0 Å². The van der Waals surface area contributed by atoms with Gasteiger partial charge in [0.15, 0.2) is 0 Å². The number of carbonyl (C=O) groups is 1. The van der Waals surface area contributed by atoms with Crippen molar-refractivity contribution in [1.82, 2.24) is 4.90 Å². The Bertz CT molecular complexity index is 197. The molecule has 1 unspecified atom stereocenters. The molecule has 0 amide bonds. The summed E-state index contributed by atoms with van der Waals surface area (Å²) in [5, 5.41) is 7.42. The lowest BCUT2D eigenvalue weighted by Crippen LogP contribution is -2.39. The Morgan fingerprint density at radius 3 is 2.11 bits per heavy atom. The highest BCUT2D eigenvalue weighted by Gasteiger charge is 2.18. The molecule has 108 valence electrons. The molecule has 1 atom stereocenters. The van der Waals surface area contributed by atoms with Crippen molar-refractivity contribution >= 4 is 5.97 Å². The molecule has 1 rings (SSSR count). The van der Waals surface area contributed by atoms with Crippen LogP contribution in [-0.4, -0.2) is 35.1 Å². The van der Waals surface area contributed by atoms with E-state index < -0.39 is 5.97 Å². The van der Waals surface area contributed by atoms with Crippen LogP contribution in [0.1, 0.15) is 72.1 Å². The molecular weight excluding hydrogens is 226 g/mol. The molecule has 3 nitrogen and oxygen atoms in total. The summed E-state index contributed by atoms with van der Waals surface area (Å²) in [6.45, 7) is 8.45. The predicted octanol–water partition coefficient (Wildman–Crippen LogP) is 3.92. The highest BCUT2D eigenvalue weighted by molar-refractivity contribution is 5.62. The van der Waals surface area contributed by atoms with Crippen LogP contribution >= 0.6 is 0 Å². The molecule has 3 heteroatoms. The van der Waals surface area contributed by atoms with Gasteiger partial charge in [-0.05, 0) is 38.8 Å². The van der Waals surface area contributed by atoms with Crippen LogP contribution in [0.15, 0.2) is 0 Å². The Balaban J connectivity index is 0.000000631. The topological polar surface area (TPSA) is 40.5 Å². The highest BCUT2D eigenvalue weighted by Crippen LogP contribution is 2.19. The van der Waals surface area contributed by atoms with E-state index in [1.54, 1.807) is 0 Å². The minimum atomic E-state index is -0.833. The molecule has 1 aliphatic heterocycles. The maximum Gasteiger partial charge on any atom is 0.300 e. The van der Waals surface area contributed by atoms with Gasteiger partial charge < -0.3 is 10.0 Å². The molecule has 0 bridgehead atoms. The molecule has 0 saturated carbocycles. The van der Waals surface area contributed by atoms with Gasteiger partial charge in [0.2, 0.25) is 0 Å². The second-order valence-electron chi connectivity index (χ2n) is 5.20. The van der Waals surface area contributed by atoms with E-state index in [1.165, 1.54) is 64.5 Å². The Morgan fingerprint density at radius 1 is 1.11 bits per heavy atom. The summed E-state index contributed by atoms with van der Waals surface area (Å²) in [5.74, 6) is -0.833. The molecule has 1 saturated heterocycles. The van der Waals surface area contributed by atoms with Crippen LogP contribution in [0.5, 0.6) is 0 Å². The summed E-state index contributed by atoms with van der Waals surface area (Å²) in [7, 11) is 0. The largest absolute Gasteiger partial charge is 0.481 e. The molecule has 1 aliphatic rings. The Kier molecular flexibility index (Phi) is 11.2. The zero-order valence-electron chi connectivity index (χ0n) is 12.5. The molecule has 0 aliphatic carbocycles. The Hall–Kier alpha value is -0.570. The quantitative estimate of drug-likeness (QED) is 0.784. The normalized spacial score (nSPS) is 17.7. The fourth-order valence-electron chi connectivity index (χ4n) is 2.57. The molecule has 0 aromatic rings. The zero-order chi connectivity index (χ0) is 13.8. The van der Waals surface area contributed by atoms with Gasteiger partial charge >= 0.3 is 0 Å². The van der Waals surface area contributed by atoms with Gasteiger partial charge in [0.05, 0.1) is 0 Å². The van der Waals surface area contributed by atoms with E-state index >= 15 is 0 Å². The molecule has 0 aromatic heterocycles. The minimum Gasteiger partial charge on any atom is -0.481 e. The zero-order valence-corrected chi connectivity index (χ0v) is 12.5. The van der Waals surface area contributed by atoms with Gasteiger partial charge in [-0.25, -0.2) is 0 Å². The van der Waals surface area contributed by atoms with E-state index in [1.807, 2.05) is 0 Å². The average molecular weight is 257 g/mol. The molecule has 1 fully saturated rings. The standard InChI is InChI=1S/C13H27N.C2H4O2/c1-3-5-10-13(9-4-2)14-11-7-6-8-12-14;1-2(3)4/h13H,3-12H2,1-2H3;1H3,(H,3,4). The molecule has 1 N–H and O–H groups in total. The third kappa shape index (κ3) is 9.46. The number of carboxylic acid groups (broad SMARTS) is 1. The van der Waals surface area contributed by atoms with E-state index in [-0.39, 0.29) is 0 Å². The van der Waals surface area contributed by atoms with Crippen LogP contribution in [0, 0.1) is 0 Å². The number of hydrogen-bond acceptors (Lipinski definition) is 2. The minimum absolute atomic E-state index is 0.833. The third-order valence-corrected chi connectivity index (χ3v) is 3.42. The number of likely N-dealkylation sites (tertiary alicyclic amines) is 1. The number of unbranched alkanes of at least 4 members (excludes halogenated alkanes) is 1. The van der Waals surface area contributed by atoms with E-state index in [2.05, 4.69) is 18.7 Å². The Labute approximate surface area is 113 Å². The number of piperidine rings is 1. The first-order chi connectivity index (χ1) is 8.61. The predicted molar refractivity (Wildman–Crippen MR) is 77.0 cm³/mol. The number of rotatable bonds is 6. The smallest absolute Gasteiger partial charge is 0.300 e. The van der Waals surface area contributed by atoms with Gasteiger partial charge in [0, 0.05) is 13.0 Å². The van der Waals surface area contributed by atoms with Crippen molar-refractivity contribution in [3.8, 4) is 0 Å². The summed E-state index contributed by atoms with van der Waals surface area (Å²) in [6, 6.07) is 0.903. The monoisotopic (exact) mass is 257 g/mol. The van der Waals surface area contributed by atoms with Gasteiger partial charge in [-0.1, -0.05) is 39.5 Å². The lowest BCUT2D eigenvalue weighted by Gasteiger charge is -2.34. The van der Waals surface area contributed by atoms with Crippen LogP contribution in [0.25, 0.3) is 0 Å². The van der Waals surface area contributed by atoms with Crippen molar-refractivity contribution in [2.24, 2.45) is 0 Å². The first kappa shape index (κ1) is 17.4. The van der Waals surface area contributed by atoms with Crippen LogP contribution in [-0.2, 0) is 4.79 Å². The van der Waals surface area contributed by atoms with E-state index in [4.69, 9.17) is 9.90 Å². The van der Waals surface area contributed by atoms with Crippen LogP contribution in [0.4, 0.5) is 0 Å². The summed E-state index contributed by atoms with van der Waals surface area (Å²) in [5.41, 5.74) is 0. The number of aliphatic carboxylic acids is 1. The van der Waals surface area contributed by atoms with Crippen molar-refractivity contribution in [2.45, 2.75) is 78.2 Å². The maximum atomic E-state index is 9.00. The fraction of sp³-hybridized carbons (Fsp3) is 0.933. The lowest BCUT2D eigenvalue weighted by atomic mass is 10.0. The van der Waals surface area contributed by atoms with Crippen molar-refractivity contribution in [2.75, 3.05) is 13.1 Å². The van der Waals surface area contributed by atoms with E-state index in [9.17, 15) is 0 Å². The van der Waals surface area contributed by atoms with Crippen LogP contribution < -0.4 is 0 Å². The first-order valence-electron chi connectivity index (χ1n) is 7.55. The highest BCUT2D eigenvalue weighted by atomic mass is 16.4. The summed E-state index contributed by atoms with van der Waals surface area (Å²) in [4.78, 5) is 11.8. The van der Waals surface area contributed by atoms with Gasteiger partial charge in [0.25, 0.3) is 5.97 Å². The first-order valence-corrected chi connectivity index (χ1v) is 7.55. The molecule has 18 heavy (non-hydrogen) atoms. The summed E-state index contributed by atoms with van der Waals surface area (Å²) < 4.78 is 0. The second-order valence-corrected chi connectivity index (χ2v) is 5.20. The molecular formula is C15H31NO2. The lowest BCUT2D eigenvalue weighted by molar-refractivity contribution is -0.134. The average Bonchev–Trinajstić information content (AvgIpc) is 2.35. The van der Waals surface area contributed by atoms with Gasteiger partial charge in [-0.2, -0.15) is 0 Å². The van der Waals surface area contributed by atoms with Crippen molar-refractivity contribution in [1.29, 1.82) is 0 Å². The maximum absolute atomic E-state index is 9.00. The molecule has 0 radical (unpaired) electrons. The van der Waals surface area contributed by atoms with Crippen LogP contribution in [0.2, 0.25) is 0 Å². The van der Waals surface area contributed by atoms with E-state index in [0.29, 0.717) is 0 Å². The van der Waals surface area contributed by atoms with Crippen molar-refractivity contribution in [3.05, 3.63) is 0 Å². The SMILES string of the molecule is CC(=O)O.CCCCC(CCC)N1CCCCC1. The van der Waals surface area contributed by atoms with Crippen LogP contribution in [0.3, 0.4) is 0 Å². The number of nitrogens with zero attached hydrogens (tertiary/aromatic N) is 1. The Morgan fingerprint density at radius 2 is 1.67 bits per heavy atom. The summed E-state index contributed by atoms with van der Waals surface area (Å²) >= 11 is 0. The van der Waals surface area contributed by atoms with Gasteiger partial charge in [-0.3, -0.25) is 4.79 Å². The fourth-order valence-corrected chi connectivity index (χ4v) is 2.57. The van der Waals surface area contributed by atoms with Crippen molar-refractivity contribution < 1.29 is 9.90 Å². The van der Waals surface area contributed by atoms with E-state index in [0.717, 1.165) is 13.0 Å². The number of hydrogen-bond donors (Lipinski definition) is 1. The molecule has 0 aromatic carbocycles. The van der Waals surface area contributed by atoms with Gasteiger partial charge in [-0.15, -0.1) is 0 Å². The molecule has 0 spiro atoms. The molecule has 1 heterocycles. The van der Waals surface area contributed by atoms with Gasteiger partial charge in [0.1, 0.15) is 0 Å².